The second-order valence-electron chi connectivity index (χ2n) is 5.98. The molecule has 0 saturated carbocycles. The Hall–Kier alpha value is -2.66. The van der Waals surface area contributed by atoms with Gasteiger partial charge >= 0.3 is 0 Å². The lowest BCUT2D eigenvalue weighted by atomic mass is 10.1. The molecule has 0 aliphatic rings. The number of rotatable bonds is 8. The van der Waals surface area contributed by atoms with Crippen molar-refractivity contribution in [1.29, 1.82) is 0 Å². The molecule has 0 fully saturated rings. The summed E-state index contributed by atoms with van der Waals surface area (Å²) in [5.41, 5.74) is 4.29. The number of pyridine rings is 1. The zero-order chi connectivity index (χ0) is 17.5. The van der Waals surface area contributed by atoms with E-state index in [1.807, 2.05) is 24.3 Å². The third kappa shape index (κ3) is 4.45. The Morgan fingerprint density at radius 3 is 2.64 bits per heavy atom. The Bertz CT molecular complexity index is 781. The minimum absolute atomic E-state index is 0.0504. The van der Waals surface area contributed by atoms with Gasteiger partial charge in [0.05, 0.1) is 31.1 Å². The van der Waals surface area contributed by atoms with Crippen LogP contribution in [0.4, 0.5) is 5.82 Å². The standard InChI is InChI=1S/C20H24N4O/c1-2-5-16-7-9-17(10-8-16)19-14-20(24(23-19)12-13-25)22-15-18-6-3-4-11-21-18/h3-4,6-11,14,22,25H,2,5,12-13,15H2,1H3. The summed E-state index contributed by atoms with van der Waals surface area (Å²) in [6, 6.07) is 16.4. The van der Waals surface area contributed by atoms with Crippen molar-refractivity contribution in [3.63, 3.8) is 0 Å². The molecule has 0 radical (unpaired) electrons. The van der Waals surface area contributed by atoms with Crippen molar-refractivity contribution in [3.05, 3.63) is 66.0 Å². The van der Waals surface area contributed by atoms with E-state index >= 15 is 0 Å². The Morgan fingerprint density at radius 2 is 1.96 bits per heavy atom. The van der Waals surface area contributed by atoms with Crippen molar-refractivity contribution in [2.45, 2.75) is 32.9 Å². The normalized spacial score (nSPS) is 10.8. The minimum Gasteiger partial charge on any atom is -0.394 e. The molecule has 2 aromatic heterocycles. The SMILES string of the molecule is CCCc1ccc(-c2cc(NCc3ccccn3)n(CCO)n2)cc1. The molecule has 2 heterocycles. The van der Waals surface area contributed by atoms with Crippen LogP contribution in [0.25, 0.3) is 11.3 Å². The molecule has 0 atom stereocenters. The van der Waals surface area contributed by atoms with Gasteiger partial charge in [-0.3, -0.25) is 4.98 Å². The number of aromatic nitrogens is 3. The summed E-state index contributed by atoms with van der Waals surface area (Å²) in [5.74, 6) is 0.882. The van der Waals surface area contributed by atoms with Gasteiger partial charge in [-0.05, 0) is 24.1 Å². The maximum absolute atomic E-state index is 9.30. The second kappa shape index (κ2) is 8.44. The number of nitrogens with zero attached hydrogens (tertiary/aromatic N) is 3. The average molecular weight is 336 g/mol. The summed E-state index contributed by atoms with van der Waals surface area (Å²) in [6.07, 6.45) is 4.02. The van der Waals surface area contributed by atoms with E-state index in [0.717, 1.165) is 35.6 Å². The lowest BCUT2D eigenvalue weighted by molar-refractivity contribution is 0.270. The van der Waals surface area contributed by atoms with Gasteiger partial charge in [0.25, 0.3) is 0 Å². The maximum Gasteiger partial charge on any atom is 0.125 e. The van der Waals surface area contributed by atoms with E-state index in [1.165, 1.54) is 5.56 Å². The van der Waals surface area contributed by atoms with Gasteiger partial charge in [0, 0.05) is 17.8 Å². The molecule has 5 heteroatoms. The summed E-state index contributed by atoms with van der Waals surface area (Å²) in [4.78, 5) is 4.32. The van der Waals surface area contributed by atoms with Crippen molar-refractivity contribution in [3.8, 4) is 11.3 Å². The zero-order valence-electron chi connectivity index (χ0n) is 14.5. The van der Waals surface area contributed by atoms with Crippen LogP contribution in [0.1, 0.15) is 24.6 Å². The molecule has 0 aliphatic heterocycles. The molecule has 3 aromatic rings. The first-order valence-electron chi connectivity index (χ1n) is 8.72. The van der Waals surface area contributed by atoms with Crippen LogP contribution in [-0.4, -0.2) is 26.5 Å². The van der Waals surface area contributed by atoms with Gasteiger partial charge in [-0.2, -0.15) is 5.10 Å². The molecule has 25 heavy (non-hydrogen) atoms. The molecule has 0 saturated heterocycles. The molecule has 0 aliphatic carbocycles. The van der Waals surface area contributed by atoms with Crippen molar-refractivity contribution < 1.29 is 5.11 Å². The fourth-order valence-electron chi connectivity index (χ4n) is 2.78. The number of anilines is 1. The van der Waals surface area contributed by atoms with Crippen LogP contribution in [-0.2, 0) is 19.5 Å². The fraction of sp³-hybridized carbons (Fsp3) is 0.300. The summed E-state index contributed by atoms with van der Waals surface area (Å²) in [7, 11) is 0. The first kappa shape index (κ1) is 17.2. The number of hydrogen-bond donors (Lipinski definition) is 2. The Balaban J connectivity index is 1.78. The van der Waals surface area contributed by atoms with Gasteiger partial charge in [0.1, 0.15) is 5.82 Å². The van der Waals surface area contributed by atoms with E-state index in [0.29, 0.717) is 13.1 Å². The molecule has 0 bridgehead atoms. The lowest BCUT2D eigenvalue weighted by Gasteiger charge is -2.07. The van der Waals surface area contributed by atoms with Gasteiger partial charge in [-0.1, -0.05) is 43.7 Å². The highest BCUT2D eigenvalue weighted by molar-refractivity contribution is 5.63. The molecule has 0 spiro atoms. The van der Waals surface area contributed by atoms with Crippen molar-refractivity contribution >= 4 is 5.82 Å². The number of benzene rings is 1. The van der Waals surface area contributed by atoms with E-state index in [-0.39, 0.29) is 6.61 Å². The molecular weight excluding hydrogens is 312 g/mol. The average Bonchev–Trinajstić information content (AvgIpc) is 3.05. The van der Waals surface area contributed by atoms with Crippen LogP contribution < -0.4 is 5.32 Å². The van der Waals surface area contributed by atoms with Crippen LogP contribution in [0, 0.1) is 0 Å². The number of aliphatic hydroxyl groups excluding tert-OH is 1. The van der Waals surface area contributed by atoms with Crippen molar-refractivity contribution in [2.24, 2.45) is 0 Å². The Morgan fingerprint density at radius 1 is 1.12 bits per heavy atom. The lowest BCUT2D eigenvalue weighted by Crippen LogP contribution is -2.10. The monoisotopic (exact) mass is 336 g/mol. The van der Waals surface area contributed by atoms with Crippen LogP contribution in [0.2, 0.25) is 0 Å². The van der Waals surface area contributed by atoms with Crippen LogP contribution in [0.5, 0.6) is 0 Å². The minimum atomic E-state index is 0.0504. The fourth-order valence-corrected chi connectivity index (χ4v) is 2.78. The van der Waals surface area contributed by atoms with Gasteiger partial charge < -0.3 is 10.4 Å². The quantitative estimate of drug-likeness (QED) is 0.661. The number of aryl methyl sites for hydroxylation is 1. The van der Waals surface area contributed by atoms with E-state index in [2.05, 4.69) is 46.6 Å². The molecule has 2 N–H and O–H groups in total. The predicted molar refractivity (Wildman–Crippen MR) is 100 cm³/mol. The molecule has 0 amide bonds. The zero-order valence-corrected chi connectivity index (χ0v) is 14.5. The Kier molecular flexibility index (Phi) is 5.80. The molecular formula is C20H24N4O. The maximum atomic E-state index is 9.30. The molecule has 5 nitrogen and oxygen atoms in total. The second-order valence-corrected chi connectivity index (χ2v) is 5.98. The van der Waals surface area contributed by atoms with Gasteiger partial charge in [0.2, 0.25) is 0 Å². The number of hydrogen-bond acceptors (Lipinski definition) is 4. The van der Waals surface area contributed by atoms with E-state index in [9.17, 15) is 5.11 Å². The highest BCUT2D eigenvalue weighted by Gasteiger charge is 2.09. The summed E-state index contributed by atoms with van der Waals surface area (Å²) < 4.78 is 1.80. The van der Waals surface area contributed by atoms with E-state index in [4.69, 9.17) is 0 Å². The third-order valence-corrected chi connectivity index (χ3v) is 4.06. The van der Waals surface area contributed by atoms with Crippen molar-refractivity contribution in [1.82, 2.24) is 14.8 Å². The molecule has 130 valence electrons. The Labute approximate surface area is 148 Å². The first-order valence-corrected chi connectivity index (χ1v) is 8.72. The van der Waals surface area contributed by atoms with Crippen LogP contribution in [0.15, 0.2) is 54.7 Å². The van der Waals surface area contributed by atoms with Crippen LogP contribution in [0.3, 0.4) is 0 Å². The van der Waals surface area contributed by atoms with Gasteiger partial charge in [-0.25, -0.2) is 4.68 Å². The molecule has 1 aromatic carbocycles. The topological polar surface area (TPSA) is 63.0 Å². The third-order valence-electron chi connectivity index (χ3n) is 4.06. The van der Waals surface area contributed by atoms with E-state index in [1.54, 1.807) is 10.9 Å². The number of nitrogens with one attached hydrogen (secondary N) is 1. The van der Waals surface area contributed by atoms with Gasteiger partial charge in [0.15, 0.2) is 0 Å². The summed E-state index contributed by atoms with van der Waals surface area (Å²) in [6.45, 7) is 3.31. The molecule has 0 unspecified atom stereocenters. The van der Waals surface area contributed by atoms with E-state index < -0.39 is 0 Å². The number of aliphatic hydroxyl groups is 1. The largest absolute Gasteiger partial charge is 0.394 e. The van der Waals surface area contributed by atoms with Crippen molar-refractivity contribution in [2.75, 3.05) is 11.9 Å². The molecule has 3 rings (SSSR count). The highest BCUT2D eigenvalue weighted by Crippen LogP contribution is 2.23. The first-order chi connectivity index (χ1) is 12.3. The highest BCUT2D eigenvalue weighted by atomic mass is 16.3. The smallest absolute Gasteiger partial charge is 0.125 e. The predicted octanol–water partition coefficient (Wildman–Crippen LogP) is 3.50. The summed E-state index contributed by atoms with van der Waals surface area (Å²) in [5, 5.41) is 17.3. The summed E-state index contributed by atoms with van der Waals surface area (Å²) >= 11 is 0. The van der Waals surface area contributed by atoms with Crippen LogP contribution >= 0.6 is 0 Å². The van der Waals surface area contributed by atoms with Gasteiger partial charge in [-0.15, -0.1) is 0 Å².